The van der Waals surface area contributed by atoms with Gasteiger partial charge in [-0.3, -0.25) is 4.98 Å². The lowest BCUT2D eigenvalue weighted by atomic mass is 10.2. The first kappa shape index (κ1) is 12.8. The molecule has 0 aliphatic heterocycles. The van der Waals surface area contributed by atoms with E-state index >= 15 is 0 Å². The van der Waals surface area contributed by atoms with Crippen LogP contribution in [0.5, 0.6) is 0 Å². The van der Waals surface area contributed by atoms with Gasteiger partial charge in [-0.25, -0.2) is 4.98 Å². The lowest BCUT2D eigenvalue weighted by molar-refractivity contribution is 0.399. The lowest BCUT2D eigenvalue weighted by Gasteiger charge is -2.01. The monoisotopic (exact) mass is 239 g/mol. The van der Waals surface area contributed by atoms with Crippen molar-refractivity contribution in [2.75, 3.05) is 14.2 Å². The van der Waals surface area contributed by atoms with Crippen molar-refractivity contribution in [1.82, 2.24) is 15.3 Å². The van der Waals surface area contributed by atoms with E-state index in [4.69, 9.17) is 16.7 Å². The Kier molecular flexibility index (Phi) is 5.11. The molecule has 0 spiro atoms. The Morgan fingerprint density at radius 1 is 1.31 bits per heavy atom. The average molecular weight is 240 g/mol. The van der Waals surface area contributed by atoms with Crippen molar-refractivity contribution in [2.45, 2.75) is 6.54 Å². The average Bonchev–Trinajstić information content (AvgIpc) is 2.31. The van der Waals surface area contributed by atoms with Crippen molar-refractivity contribution in [3.8, 4) is 0 Å². The molecule has 2 heterocycles. The molecule has 0 bridgehead atoms. The summed E-state index contributed by atoms with van der Waals surface area (Å²) in [5.41, 5.74) is 2.81. The van der Waals surface area contributed by atoms with Gasteiger partial charge in [-0.05, 0) is 30.8 Å². The number of aromatic nitrogens is 2. The highest BCUT2D eigenvalue weighted by atomic mass is 35.5. The fourth-order valence-corrected chi connectivity index (χ4v) is 1.48. The van der Waals surface area contributed by atoms with Crippen LogP contribution >= 0.6 is 11.6 Å². The van der Waals surface area contributed by atoms with E-state index in [2.05, 4.69) is 15.3 Å². The summed E-state index contributed by atoms with van der Waals surface area (Å²) in [6.45, 7) is 0.789. The van der Waals surface area contributed by atoms with Crippen LogP contribution in [0.15, 0.2) is 24.4 Å². The molecular weight excluding hydrogens is 226 g/mol. The van der Waals surface area contributed by atoms with Gasteiger partial charge in [0.05, 0.1) is 11.0 Å². The smallest absolute Gasteiger partial charge is 0.129 e. The van der Waals surface area contributed by atoms with Gasteiger partial charge in [-0.2, -0.15) is 0 Å². The molecule has 4 nitrogen and oxygen atoms in total. The molecular formula is C11H14ClN3O. The van der Waals surface area contributed by atoms with E-state index in [-0.39, 0.29) is 0 Å². The van der Waals surface area contributed by atoms with Gasteiger partial charge >= 0.3 is 0 Å². The molecule has 5 heteroatoms. The van der Waals surface area contributed by atoms with Crippen molar-refractivity contribution in [2.24, 2.45) is 0 Å². The molecule has 0 atom stereocenters. The van der Waals surface area contributed by atoms with Crippen LogP contribution in [0.1, 0.15) is 5.56 Å². The first-order valence-electron chi connectivity index (χ1n) is 4.80. The molecule has 0 unspecified atom stereocenters. The molecule has 86 valence electrons. The molecule has 0 aromatic carbocycles. The number of hydrogen-bond donors (Lipinski definition) is 2. The summed E-state index contributed by atoms with van der Waals surface area (Å²) in [5, 5.41) is 10.6. The van der Waals surface area contributed by atoms with Crippen molar-refractivity contribution in [3.63, 3.8) is 0 Å². The molecule has 0 fully saturated rings. The molecule has 0 radical (unpaired) electrons. The minimum Gasteiger partial charge on any atom is -0.400 e. The zero-order valence-electron chi connectivity index (χ0n) is 9.24. The molecule has 2 N–H and O–H groups in total. The maximum atomic E-state index is 7.00. The first-order valence-corrected chi connectivity index (χ1v) is 5.18. The second kappa shape index (κ2) is 6.37. The number of hydrogen-bond acceptors (Lipinski definition) is 4. The number of halogens is 1. The largest absolute Gasteiger partial charge is 0.400 e. The third kappa shape index (κ3) is 3.13. The molecule has 0 aliphatic rings. The summed E-state index contributed by atoms with van der Waals surface area (Å²) < 4.78 is 0. The molecule has 2 aromatic heterocycles. The van der Waals surface area contributed by atoms with Crippen LogP contribution in [0, 0.1) is 0 Å². The molecule has 0 saturated carbocycles. The van der Waals surface area contributed by atoms with Crippen molar-refractivity contribution >= 4 is 22.6 Å². The van der Waals surface area contributed by atoms with Crippen molar-refractivity contribution < 1.29 is 5.11 Å². The van der Waals surface area contributed by atoms with Gasteiger partial charge in [0.15, 0.2) is 0 Å². The van der Waals surface area contributed by atoms with Crippen LogP contribution in [-0.4, -0.2) is 29.2 Å². The first-order chi connectivity index (χ1) is 7.79. The zero-order chi connectivity index (χ0) is 12.0. The SMILES string of the molecule is CNCc1cnc2ccc(Cl)nc2c1.CO. The Balaban J connectivity index is 0.000000606. The summed E-state index contributed by atoms with van der Waals surface area (Å²) in [6, 6.07) is 5.60. The highest BCUT2D eigenvalue weighted by Crippen LogP contribution is 2.14. The van der Waals surface area contributed by atoms with Gasteiger partial charge in [0.25, 0.3) is 0 Å². The third-order valence-corrected chi connectivity index (χ3v) is 2.15. The van der Waals surface area contributed by atoms with Gasteiger partial charge in [0.2, 0.25) is 0 Å². The van der Waals surface area contributed by atoms with Crippen molar-refractivity contribution in [1.29, 1.82) is 0 Å². The maximum absolute atomic E-state index is 7.00. The van der Waals surface area contributed by atoms with Gasteiger partial charge in [-0.1, -0.05) is 11.6 Å². The van der Waals surface area contributed by atoms with E-state index in [1.807, 2.05) is 25.4 Å². The molecule has 2 rings (SSSR count). The second-order valence-corrected chi connectivity index (χ2v) is 3.43. The van der Waals surface area contributed by atoms with Crippen LogP contribution in [0.4, 0.5) is 0 Å². The Bertz CT molecular complexity index is 462. The number of rotatable bonds is 2. The summed E-state index contributed by atoms with van der Waals surface area (Å²) in [7, 11) is 2.90. The topological polar surface area (TPSA) is 58.0 Å². The number of pyridine rings is 2. The van der Waals surface area contributed by atoms with Gasteiger partial charge in [0, 0.05) is 19.9 Å². The number of nitrogens with zero attached hydrogens (tertiary/aromatic N) is 2. The van der Waals surface area contributed by atoms with E-state index in [1.165, 1.54) is 0 Å². The fourth-order valence-electron chi connectivity index (χ4n) is 1.32. The molecule has 0 amide bonds. The minimum atomic E-state index is 0.501. The third-order valence-electron chi connectivity index (χ3n) is 1.94. The standard InChI is InChI=1S/C10H10ClN3.CH4O/c1-12-5-7-4-9-8(13-6-7)2-3-10(11)14-9;1-2/h2-4,6,12H,5H2,1H3;2H,1H3. The number of aliphatic hydroxyl groups is 1. The van der Waals surface area contributed by atoms with E-state index in [0.717, 1.165) is 30.3 Å². The summed E-state index contributed by atoms with van der Waals surface area (Å²) in [4.78, 5) is 8.47. The van der Waals surface area contributed by atoms with Crippen LogP contribution in [0.2, 0.25) is 5.15 Å². The Labute approximate surface area is 99.3 Å². The van der Waals surface area contributed by atoms with Crippen LogP contribution in [0.25, 0.3) is 11.0 Å². The summed E-state index contributed by atoms with van der Waals surface area (Å²) in [6.07, 6.45) is 1.84. The second-order valence-electron chi connectivity index (χ2n) is 3.05. The van der Waals surface area contributed by atoms with Crippen LogP contribution in [-0.2, 0) is 6.54 Å². The van der Waals surface area contributed by atoms with E-state index in [1.54, 1.807) is 6.07 Å². The van der Waals surface area contributed by atoms with Gasteiger partial charge in [0.1, 0.15) is 5.15 Å². The Hall–Kier alpha value is -1.23. The summed E-state index contributed by atoms with van der Waals surface area (Å²) >= 11 is 5.79. The molecule has 0 aliphatic carbocycles. The Morgan fingerprint density at radius 3 is 2.75 bits per heavy atom. The highest BCUT2D eigenvalue weighted by Gasteiger charge is 1.99. The summed E-state index contributed by atoms with van der Waals surface area (Å²) in [5.74, 6) is 0. The highest BCUT2D eigenvalue weighted by molar-refractivity contribution is 6.29. The predicted molar refractivity (Wildman–Crippen MR) is 65.5 cm³/mol. The van der Waals surface area contributed by atoms with E-state index in [0.29, 0.717) is 5.15 Å². The normalized spacial score (nSPS) is 9.75. The van der Waals surface area contributed by atoms with E-state index < -0.39 is 0 Å². The fraction of sp³-hybridized carbons (Fsp3) is 0.273. The number of aliphatic hydroxyl groups excluding tert-OH is 1. The molecule has 0 saturated heterocycles. The predicted octanol–water partition coefficient (Wildman–Crippen LogP) is 1.61. The van der Waals surface area contributed by atoms with Gasteiger partial charge < -0.3 is 10.4 Å². The Morgan fingerprint density at radius 2 is 2.06 bits per heavy atom. The van der Waals surface area contributed by atoms with Crippen LogP contribution in [0.3, 0.4) is 0 Å². The lowest BCUT2D eigenvalue weighted by Crippen LogP contribution is -2.05. The quantitative estimate of drug-likeness (QED) is 0.782. The minimum absolute atomic E-state index is 0.501. The van der Waals surface area contributed by atoms with E-state index in [9.17, 15) is 0 Å². The van der Waals surface area contributed by atoms with Gasteiger partial charge in [-0.15, -0.1) is 0 Å². The number of fused-ring (bicyclic) bond motifs is 1. The molecule has 16 heavy (non-hydrogen) atoms. The number of nitrogens with one attached hydrogen (secondary N) is 1. The molecule has 2 aromatic rings. The zero-order valence-corrected chi connectivity index (χ0v) is 9.99. The maximum Gasteiger partial charge on any atom is 0.129 e. The van der Waals surface area contributed by atoms with Crippen LogP contribution < -0.4 is 5.32 Å². The van der Waals surface area contributed by atoms with Crippen molar-refractivity contribution in [3.05, 3.63) is 35.1 Å².